The van der Waals surface area contributed by atoms with Gasteiger partial charge in [0, 0.05) is 38.5 Å². The highest BCUT2D eigenvalue weighted by Gasteiger charge is 2.24. The Morgan fingerprint density at radius 3 is 2.89 bits per heavy atom. The van der Waals surface area contributed by atoms with Crippen molar-refractivity contribution >= 4 is 24.2 Å². The Labute approximate surface area is 120 Å². The average Bonchev–Trinajstić information content (AvgIpc) is 2.84. The molecule has 0 saturated carbocycles. The summed E-state index contributed by atoms with van der Waals surface area (Å²) in [7, 11) is 1.79. The van der Waals surface area contributed by atoms with Crippen LogP contribution in [-0.4, -0.2) is 48.9 Å². The molecule has 2 amide bonds. The SMILES string of the molecule is CN1CC(NC(=O)CCC2CCCN2)CCC1=O.Cl. The Morgan fingerprint density at radius 2 is 2.26 bits per heavy atom. The van der Waals surface area contributed by atoms with Gasteiger partial charge in [0.05, 0.1) is 0 Å². The van der Waals surface area contributed by atoms with E-state index in [4.69, 9.17) is 0 Å². The standard InChI is InChI=1S/C13H23N3O2.ClH/c1-16-9-11(5-7-13(16)18)15-12(17)6-4-10-3-2-8-14-10;/h10-11,14H,2-9H2,1H3,(H,15,17);1H. The van der Waals surface area contributed by atoms with E-state index in [9.17, 15) is 9.59 Å². The second kappa shape index (κ2) is 7.70. The molecule has 110 valence electrons. The van der Waals surface area contributed by atoms with Crippen molar-refractivity contribution in [3.05, 3.63) is 0 Å². The summed E-state index contributed by atoms with van der Waals surface area (Å²) in [5, 5.41) is 6.43. The third kappa shape index (κ3) is 4.99. The lowest BCUT2D eigenvalue weighted by molar-refractivity contribution is -0.134. The zero-order valence-corrected chi connectivity index (χ0v) is 12.3. The molecule has 0 aromatic carbocycles. The Hall–Kier alpha value is -0.810. The molecule has 0 bridgehead atoms. The first-order chi connectivity index (χ1) is 8.65. The van der Waals surface area contributed by atoms with Crippen LogP contribution in [0, 0.1) is 0 Å². The summed E-state index contributed by atoms with van der Waals surface area (Å²) in [6, 6.07) is 0.656. The van der Waals surface area contributed by atoms with E-state index in [0.29, 0.717) is 25.4 Å². The van der Waals surface area contributed by atoms with Crippen molar-refractivity contribution in [3.8, 4) is 0 Å². The average molecular weight is 290 g/mol. The maximum Gasteiger partial charge on any atom is 0.222 e. The Balaban J connectivity index is 0.00000180. The molecule has 0 aromatic heterocycles. The molecule has 2 atom stereocenters. The fraction of sp³-hybridized carbons (Fsp3) is 0.846. The summed E-state index contributed by atoms with van der Waals surface area (Å²) >= 11 is 0. The molecule has 0 aromatic rings. The molecule has 2 N–H and O–H groups in total. The number of likely N-dealkylation sites (tertiary alicyclic amines) is 1. The van der Waals surface area contributed by atoms with Crippen LogP contribution in [0.3, 0.4) is 0 Å². The van der Waals surface area contributed by atoms with Crippen LogP contribution in [0.2, 0.25) is 0 Å². The van der Waals surface area contributed by atoms with Crippen molar-refractivity contribution in [1.29, 1.82) is 0 Å². The number of likely N-dealkylation sites (N-methyl/N-ethyl adjacent to an activating group) is 1. The minimum absolute atomic E-state index is 0. The van der Waals surface area contributed by atoms with Gasteiger partial charge in [-0.3, -0.25) is 9.59 Å². The van der Waals surface area contributed by atoms with Crippen molar-refractivity contribution < 1.29 is 9.59 Å². The van der Waals surface area contributed by atoms with Crippen molar-refractivity contribution in [1.82, 2.24) is 15.5 Å². The summed E-state index contributed by atoms with van der Waals surface area (Å²) in [4.78, 5) is 24.8. The van der Waals surface area contributed by atoms with E-state index in [1.54, 1.807) is 11.9 Å². The molecule has 2 fully saturated rings. The molecule has 2 aliphatic heterocycles. The van der Waals surface area contributed by atoms with E-state index in [1.807, 2.05) is 0 Å². The normalized spacial score (nSPS) is 27.0. The summed E-state index contributed by atoms with van der Waals surface area (Å²) < 4.78 is 0. The number of halogens is 1. The Morgan fingerprint density at radius 1 is 1.47 bits per heavy atom. The minimum Gasteiger partial charge on any atom is -0.352 e. The van der Waals surface area contributed by atoms with Crippen molar-refractivity contribution in [3.63, 3.8) is 0 Å². The van der Waals surface area contributed by atoms with Crippen LogP contribution < -0.4 is 10.6 Å². The van der Waals surface area contributed by atoms with Gasteiger partial charge in [-0.25, -0.2) is 0 Å². The number of piperidine rings is 1. The monoisotopic (exact) mass is 289 g/mol. The third-order valence-corrected chi connectivity index (χ3v) is 3.87. The summed E-state index contributed by atoms with van der Waals surface area (Å²) in [5.74, 6) is 0.298. The molecule has 2 saturated heterocycles. The van der Waals surface area contributed by atoms with Crippen LogP contribution in [0.1, 0.15) is 38.5 Å². The van der Waals surface area contributed by atoms with Gasteiger partial charge in [0.1, 0.15) is 0 Å². The first kappa shape index (κ1) is 16.2. The second-order valence-corrected chi connectivity index (χ2v) is 5.41. The maximum atomic E-state index is 11.8. The number of carbonyl (C=O) groups excluding carboxylic acids is 2. The number of hydrogen-bond acceptors (Lipinski definition) is 3. The number of hydrogen-bond donors (Lipinski definition) is 2. The number of rotatable bonds is 4. The molecule has 5 nitrogen and oxygen atoms in total. The van der Waals surface area contributed by atoms with Gasteiger partial charge in [0.15, 0.2) is 0 Å². The second-order valence-electron chi connectivity index (χ2n) is 5.41. The van der Waals surface area contributed by atoms with E-state index in [-0.39, 0.29) is 30.3 Å². The first-order valence-corrected chi connectivity index (χ1v) is 6.92. The first-order valence-electron chi connectivity index (χ1n) is 6.92. The molecule has 6 heteroatoms. The maximum absolute atomic E-state index is 11.8. The molecule has 0 radical (unpaired) electrons. The largest absolute Gasteiger partial charge is 0.352 e. The summed E-state index contributed by atoms with van der Waals surface area (Å²) in [5.41, 5.74) is 0. The van der Waals surface area contributed by atoms with Gasteiger partial charge < -0.3 is 15.5 Å². The van der Waals surface area contributed by atoms with Crippen LogP contribution in [0.5, 0.6) is 0 Å². The van der Waals surface area contributed by atoms with Gasteiger partial charge in [0.2, 0.25) is 11.8 Å². The lowest BCUT2D eigenvalue weighted by Gasteiger charge is -2.30. The van der Waals surface area contributed by atoms with Gasteiger partial charge in [-0.2, -0.15) is 0 Å². The lowest BCUT2D eigenvalue weighted by Crippen LogP contribution is -2.48. The molecule has 2 aliphatic rings. The van der Waals surface area contributed by atoms with Gasteiger partial charge in [-0.15, -0.1) is 12.4 Å². The zero-order chi connectivity index (χ0) is 13.0. The van der Waals surface area contributed by atoms with Crippen LogP contribution >= 0.6 is 12.4 Å². The van der Waals surface area contributed by atoms with E-state index in [1.165, 1.54) is 12.8 Å². The molecule has 2 unspecified atom stereocenters. The lowest BCUT2D eigenvalue weighted by atomic mass is 10.0. The van der Waals surface area contributed by atoms with E-state index < -0.39 is 0 Å². The topological polar surface area (TPSA) is 61.4 Å². The van der Waals surface area contributed by atoms with Gasteiger partial charge in [-0.1, -0.05) is 0 Å². The van der Waals surface area contributed by atoms with Crippen LogP contribution in [-0.2, 0) is 9.59 Å². The third-order valence-electron chi connectivity index (χ3n) is 3.87. The van der Waals surface area contributed by atoms with Crippen LogP contribution in [0.4, 0.5) is 0 Å². The molecular weight excluding hydrogens is 266 g/mol. The van der Waals surface area contributed by atoms with Crippen molar-refractivity contribution in [2.24, 2.45) is 0 Å². The predicted molar refractivity (Wildman–Crippen MR) is 76.3 cm³/mol. The Bertz CT molecular complexity index is 319. The van der Waals surface area contributed by atoms with Crippen molar-refractivity contribution in [2.45, 2.75) is 50.6 Å². The molecule has 2 rings (SSSR count). The van der Waals surface area contributed by atoms with Crippen molar-refractivity contribution in [2.75, 3.05) is 20.1 Å². The fourth-order valence-electron chi connectivity index (χ4n) is 2.74. The predicted octanol–water partition coefficient (Wildman–Crippen LogP) is 0.677. The Kier molecular flexibility index (Phi) is 6.58. The van der Waals surface area contributed by atoms with Crippen LogP contribution in [0.15, 0.2) is 0 Å². The number of carbonyl (C=O) groups is 2. The molecule has 0 aliphatic carbocycles. The number of amides is 2. The van der Waals surface area contributed by atoms with E-state index in [0.717, 1.165) is 19.4 Å². The van der Waals surface area contributed by atoms with E-state index in [2.05, 4.69) is 10.6 Å². The number of nitrogens with one attached hydrogen (secondary N) is 2. The van der Waals surface area contributed by atoms with E-state index >= 15 is 0 Å². The minimum atomic E-state index is 0. The van der Waals surface area contributed by atoms with Crippen LogP contribution in [0.25, 0.3) is 0 Å². The van der Waals surface area contributed by atoms with Gasteiger partial charge in [-0.05, 0) is 32.2 Å². The molecular formula is C13H24ClN3O2. The number of nitrogens with zero attached hydrogens (tertiary/aromatic N) is 1. The summed E-state index contributed by atoms with van der Waals surface area (Å²) in [6.45, 7) is 1.73. The van der Waals surface area contributed by atoms with Gasteiger partial charge in [0.25, 0.3) is 0 Å². The molecule has 2 heterocycles. The highest BCUT2D eigenvalue weighted by molar-refractivity contribution is 5.85. The summed E-state index contributed by atoms with van der Waals surface area (Å²) in [6.07, 6.45) is 5.25. The quantitative estimate of drug-likeness (QED) is 0.800. The molecule has 0 spiro atoms. The highest BCUT2D eigenvalue weighted by Crippen LogP contribution is 2.12. The smallest absolute Gasteiger partial charge is 0.222 e. The fourth-order valence-corrected chi connectivity index (χ4v) is 2.74. The molecule has 19 heavy (non-hydrogen) atoms. The zero-order valence-electron chi connectivity index (χ0n) is 11.5. The highest BCUT2D eigenvalue weighted by atomic mass is 35.5. The van der Waals surface area contributed by atoms with Gasteiger partial charge >= 0.3 is 0 Å².